The predicted octanol–water partition coefficient (Wildman–Crippen LogP) is 6.10. The van der Waals surface area contributed by atoms with Gasteiger partial charge in [-0.2, -0.15) is 0 Å². The van der Waals surface area contributed by atoms with Gasteiger partial charge in [-0.15, -0.1) is 0 Å². The molecule has 0 unspecified atom stereocenters. The summed E-state index contributed by atoms with van der Waals surface area (Å²) in [6.45, 7) is 12.7. The first-order valence-electron chi connectivity index (χ1n) is 10.9. The summed E-state index contributed by atoms with van der Waals surface area (Å²) in [6.07, 6.45) is -0.0373. The van der Waals surface area contributed by atoms with Crippen LogP contribution < -0.4 is 0 Å². The van der Waals surface area contributed by atoms with E-state index in [0.717, 1.165) is 18.3 Å². The Labute approximate surface area is 211 Å². The van der Waals surface area contributed by atoms with Gasteiger partial charge in [0.15, 0.2) is 0 Å². The fraction of sp³-hybridized carbons (Fsp3) is 0.500. The maximum absolute atomic E-state index is 12.8. The number of unbranched alkanes of at least 4 members (excludes halogenated alkanes) is 1. The average molecular weight is 629 g/mol. The first kappa shape index (κ1) is 29.2. The number of halogens is 2. The van der Waals surface area contributed by atoms with Crippen molar-refractivity contribution in [3.8, 4) is 0 Å². The molecule has 34 heavy (non-hydrogen) atoms. The molecule has 0 radical (unpaired) electrons. The van der Waals surface area contributed by atoms with Crippen LogP contribution in [-0.2, 0) is 38.0 Å². The van der Waals surface area contributed by atoms with Crippen molar-refractivity contribution in [3.63, 3.8) is 0 Å². The van der Waals surface area contributed by atoms with Gasteiger partial charge in [0.2, 0.25) is 0 Å². The molecule has 2 rings (SSSR count). The molecule has 192 valence electrons. The minimum absolute atomic E-state index is 0.0147. The van der Waals surface area contributed by atoms with Crippen molar-refractivity contribution in [2.75, 3.05) is 11.5 Å². The van der Waals surface area contributed by atoms with Gasteiger partial charge in [0.05, 0.1) is 0 Å². The van der Waals surface area contributed by atoms with Crippen molar-refractivity contribution in [2.24, 2.45) is 0 Å². The van der Waals surface area contributed by atoms with Crippen LogP contribution in [0.2, 0.25) is 0 Å². The SMILES string of the molecule is CC(C)(C)c1ccc(I(OS(=O)(=O)CCCCS(=O)(=O)OF)c2ccc(C(C)(C)C)cc2)cc1. The zero-order valence-corrected chi connectivity index (χ0v) is 24.3. The number of benzene rings is 2. The Kier molecular flexibility index (Phi) is 9.71. The zero-order valence-electron chi connectivity index (χ0n) is 20.5. The molecule has 0 aromatic heterocycles. The van der Waals surface area contributed by atoms with Gasteiger partial charge in [0.1, 0.15) is 0 Å². The molecule has 0 bridgehead atoms. The van der Waals surface area contributed by atoms with Crippen molar-refractivity contribution >= 4 is 40.5 Å². The van der Waals surface area contributed by atoms with E-state index in [-0.39, 0.29) is 29.4 Å². The molecule has 6 nitrogen and oxygen atoms in total. The van der Waals surface area contributed by atoms with E-state index in [1.54, 1.807) is 0 Å². The fourth-order valence-electron chi connectivity index (χ4n) is 3.04. The van der Waals surface area contributed by atoms with Gasteiger partial charge in [0, 0.05) is 0 Å². The molecule has 2 aromatic carbocycles. The van der Waals surface area contributed by atoms with Gasteiger partial charge in [0.25, 0.3) is 0 Å². The Morgan fingerprint density at radius 1 is 0.676 bits per heavy atom. The molecule has 0 heterocycles. The normalized spacial score (nSPS) is 13.7. The second kappa shape index (κ2) is 11.3. The Morgan fingerprint density at radius 2 is 1.03 bits per heavy atom. The summed E-state index contributed by atoms with van der Waals surface area (Å²) in [5.74, 6) is -0.952. The van der Waals surface area contributed by atoms with E-state index in [1.165, 1.54) is 0 Å². The summed E-state index contributed by atoms with van der Waals surface area (Å²) in [5, 5.41) is 0. The summed E-state index contributed by atoms with van der Waals surface area (Å²) in [6, 6.07) is 15.7. The van der Waals surface area contributed by atoms with Crippen LogP contribution in [0.5, 0.6) is 0 Å². The second-order valence-corrected chi connectivity index (χ2v) is 18.4. The van der Waals surface area contributed by atoms with Crippen molar-refractivity contribution in [2.45, 2.75) is 65.2 Å². The van der Waals surface area contributed by atoms with Crippen molar-refractivity contribution in [3.05, 3.63) is 66.8 Å². The van der Waals surface area contributed by atoms with E-state index >= 15 is 0 Å². The summed E-state index contributed by atoms with van der Waals surface area (Å²) in [5.41, 5.74) is 2.19. The zero-order chi connectivity index (χ0) is 25.8. The van der Waals surface area contributed by atoms with Crippen LogP contribution in [0.3, 0.4) is 0 Å². The molecule has 0 saturated heterocycles. The standard InChI is InChI=1S/C24H34FIO6S2/c1-23(2,3)19-9-13-21(14-10-19)26(22-15-11-20(12-16-22)24(4,5)6)32-34(29,30)18-8-7-17-33(27,28)31-25/h9-16H,7-8,17-18H2,1-6H3. The molecule has 0 aliphatic rings. The van der Waals surface area contributed by atoms with Gasteiger partial charge < -0.3 is 0 Å². The van der Waals surface area contributed by atoms with Gasteiger partial charge in [-0.25, -0.2) is 0 Å². The fourth-order valence-corrected chi connectivity index (χ4v) is 10.8. The molecular weight excluding hydrogens is 594 g/mol. The quantitative estimate of drug-likeness (QED) is 0.234. The van der Waals surface area contributed by atoms with Gasteiger partial charge in [-0.3, -0.25) is 0 Å². The maximum atomic E-state index is 12.8. The van der Waals surface area contributed by atoms with E-state index in [1.807, 2.05) is 48.5 Å². The Bertz CT molecular complexity index is 1090. The molecule has 0 aliphatic heterocycles. The molecular formula is C24H34FIO6S2. The summed E-state index contributed by atoms with van der Waals surface area (Å²) < 4.78 is 70.1. The van der Waals surface area contributed by atoms with E-state index in [4.69, 9.17) is 2.51 Å². The predicted molar refractivity (Wildman–Crippen MR) is 142 cm³/mol. The third-order valence-electron chi connectivity index (χ3n) is 5.11. The van der Waals surface area contributed by atoms with Crippen LogP contribution in [0.25, 0.3) is 0 Å². The van der Waals surface area contributed by atoms with E-state index in [2.05, 4.69) is 45.9 Å². The number of hydrogen-bond donors (Lipinski definition) is 0. The topological polar surface area (TPSA) is 86.7 Å². The third kappa shape index (κ3) is 8.85. The Balaban J connectivity index is 2.30. The van der Waals surface area contributed by atoms with Crippen LogP contribution in [0.1, 0.15) is 65.5 Å². The molecule has 0 atom stereocenters. The van der Waals surface area contributed by atoms with Crippen LogP contribution in [0.4, 0.5) is 4.53 Å². The summed E-state index contributed by atoms with van der Waals surface area (Å²) in [4.78, 5) is 0. The molecule has 0 fully saturated rings. The van der Waals surface area contributed by atoms with Crippen LogP contribution in [-0.4, -0.2) is 28.3 Å². The van der Waals surface area contributed by atoms with Crippen LogP contribution in [0, 0.1) is 7.14 Å². The van der Waals surface area contributed by atoms with Crippen molar-refractivity contribution < 1.29 is 28.3 Å². The van der Waals surface area contributed by atoms with Crippen LogP contribution in [0.15, 0.2) is 48.5 Å². The molecule has 0 N–H and O–H groups in total. The Hall–Kier alpha value is -1.08. The molecule has 2 aromatic rings. The van der Waals surface area contributed by atoms with E-state index in [0.29, 0.717) is 0 Å². The van der Waals surface area contributed by atoms with Gasteiger partial charge >= 0.3 is 212 Å². The minimum atomic E-state index is -4.27. The first-order chi connectivity index (χ1) is 15.5. The molecule has 0 saturated carbocycles. The summed E-state index contributed by atoms with van der Waals surface area (Å²) in [7, 11) is -8.21. The average Bonchev–Trinajstić information content (AvgIpc) is 2.74. The van der Waals surface area contributed by atoms with Gasteiger partial charge in [-0.1, -0.05) is 0 Å². The number of hydrogen-bond acceptors (Lipinski definition) is 6. The second-order valence-electron chi connectivity index (χ2n) is 10.1. The molecule has 0 aliphatic carbocycles. The monoisotopic (exact) mass is 628 g/mol. The number of rotatable bonds is 10. The molecule has 10 heteroatoms. The van der Waals surface area contributed by atoms with Crippen LogP contribution >= 0.6 is 20.2 Å². The molecule has 0 amide bonds. The van der Waals surface area contributed by atoms with Crippen molar-refractivity contribution in [1.82, 2.24) is 0 Å². The van der Waals surface area contributed by atoms with Gasteiger partial charge in [-0.05, 0) is 0 Å². The van der Waals surface area contributed by atoms with E-state index in [9.17, 15) is 21.4 Å². The molecule has 0 spiro atoms. The van der Waals surface area contributed by atoms with E-state index < -0.39 is 46.2 Å². The Morgan fingerprint density at radius 3 is 1.35 bits per heavy atom. The first-order valence-corrected chi connectivity index (χ1v) is 17.1. The summed E-state index contributed by atoms with van der Waals surface area (Å²) >= 11 is -2.83. The van der Waals surface area contributed by atoms with Crippen molar-refractivity contribution in [1.29, 1.82) is 0 Å². The third-order valence-corrected chi connectivity index (χ3v) is 13.6.